The van der Waals surface area contributed by atoms with E-state index in [1.165, 1.54) is 0 Å². The van der Waals surface area contributed by atoms with Gasteiger partial charge < -0.3 is 9.47 Å². The van der Waals surface area contributed by atoms with Gasteiger partial charge in [0.05, 0.1) is 14.2 Å². The number of ether oxygens (including phenoxy) is 2. The highest BCUT2D eigenvalue weighted by Crippen LogP contribution is 2.29. The summed E-state index contributed by atoms with van der Waals surface area (Å²) >= 11 is 0. The van der Waals surface area contributed by atoms with Crippen molar-refractivity contribution in [3.63, 3.8) is 0 Å². The van der Waals surface area contributed by atoms with E-state index in [9.17, 15) is 0 Å². The Morgan fingerprint density at radius 1 is 0.857 bits per heavy atom. The Bertz CT molecular complexity index is 791. The van der Waals surface area contributed by atoms with Crippen LogP contribution in [0.1, 0.15) is 5.56 Å². The van der Waals surface area contributed by atoms with Crippen LogP contribution >= 0.6 is 0 Å². The number of rotatable bonds is 3. The molecule has 0 atom stereocenters. The fourth-order valence-corrected chi connectivity index (χ4v) is 2.49. The van der Waals surface area contributed by atoms with Gasteiger partial charge in [0.1, 0.15) is 11.5 Å². The first-order valence-electron chi connectivity index (χ1n) is 6.86. The SMILES string of the molecule is COc1ccc2[c]c(-c3ccc(OC)c(C)c3)ccc2c1. The van der Waals surface area contributed by atoms with Crippen molar-refractivity contribution in [3.8, 4) is 22.6 Å². The number of hydrogen-bond donors (Lipinski definition) is 0. The summed E-state index contributed by atoms with van der Waals surface area (Å²) < 4.78 is 10.6. The lowest BCUT2D eigenvalue weighted by Crippen LogP contribution is -1.88. The van der Waals surface area contributed by atoms with Gasteiger partial charge in [0.2, 0.25) is 0 Å². The molecule has 0 fully saturated rings. The molecule has 0 amide bonds. The summed E-state index contributed by atoms with van der Waals surface area (Å²) in [7, 11) is 3.37. The molecular formula is C19H17O2. The van der Waals surface area contributed by atoms with E-state index in [-0.39, 0.29) is 0 Å². The molecule has 3 aromatic rings. The van der Waals surface area contributed by atoms with Crippen molar-refractivity contribution in [3.05, 3.63) is 60.2 Å². The van der Waals surface area contributed by atoms with Gasteiger partial charge in [0, 0.05) is 0 Å². The molecular weight excluding hydrogens is 260 g/mol. The first-order chi connectivity index (χ1) is 10.2. The van der Waals surface area contributed by atoms with Crippen LogP contribution in [-0.2, 0) is 0 Å². The molecule has 0 bridgehead atoms. The second-order valence-corrected chi connectivity index (χ2v) is 5.01. The van der Waals surface area contributed by atoms with Gasteiger partial charge in [-0.3, -0.25) is 0 Å². The molecule has 0 spiro atoms. The van der Waals surface area contributed by atoms with E-state index < -0.39 is 0 Å². The number of aryl methyl sites for hydroxylation is 1. The van der Waals surface area contributed by atoms with Crippen LogP contribution < -0.4 is 9.47 Å². The molecule has 3 aromatic carbocycles. The maximum atomic E-state index is 5.31. The first-order valence-corrected chi connectivity index (χ1v) is 6.86. The van der Waals surface area contributed by atoms with Crippen molar-refractivity contribution in [1.29, 1.82) is 0 Å². The lowest BCUT2D eigenvalue weighted by molar-refractivity contribution is 0.412. The van der Waals surface area contributed by atoms with Crippen LogP contribution in [-0.4, -0.2) is 14.2 Å². The zero-order valence-electron chi connectivity index (χ0n) is 12.4. The maximum Gasteiger partial charge on any atom is 0.121 e. The molecule has 0 aliphatic rings. The summed E-state index contributed by atoms with van der Waals surface area (Å²) in [5, 5.41) is 2.21. The smallest absolute Gasteiger partial charge is 0.121 e. The lowest BCUT2D eigenvalue weighted by atomic mass is 9.99. The van der Waals surface area contributed by atoms with Crippen molar-refractivity contribution in [1.82, 2.24) is 0 Å². The Labute approximate surface area is 124 Å². The predicted molar refractivity (Wildman–Crippen MR) is 86.1 cm³/mol. The summed E-state index contributed by atoms with van der Waals surface area (Å²) in [6.45, 7) is 2.05. The molecule has 2 heteroatoms. The minimum Gasteiger partial charge on any atom is -0.497 e. The third-order valence-corrected chi connectivity index (χ3v) is 3.66. The molecule has 0 unspecified atom stereocenters. The van der Waals surface area contributed by atoms with E-state index in [4.69, 9.17) is 9.47 Å². The van der Waals surface area contributed by atoms with Crippen LogP contribution in [0.2, 0.25) is 0 Å². The van der Waals surface area contributed by atoms with Crippen LogP contribution in [0.15, 0.2) is 48.5 Å². The molecule has 2 nitrogen and oxygen atoms in total. The summed E-state index contributed by atoms with van der Waals surface area (Å²) in [6.07, 6.45) is 0. The van der Waals surface area contributed by atoms with Gasteiger partial charge in [-0.05, 0) is 64.7 Å². The van der Waals surface area contributed by atoms with Gasteiger partial charge in [-0.15, -0.1) is 0 Å². The summed E-state index contributed by atoms with van der Waals surface area (Å²) in [4.78, 5) is 0. The van der Waals surface area contributed by atoms with Crippen LogP contribution in [0, 0.1) is 13.0 Å². The Balaban J connectivity index is 2.06. The van der Waals surface area contributed by atoms with Crippen molar-refractivity contribution >= 4 is 10.8 Å². The van der Waals surface area contributed by atoms with Crippen molar-refractivity contribution < 1.29 is 9.47 Å². The molecule has 0 aromatic heterocycles. The summed E-state index contributed by atoms with van der Waals surface area (Å²) in [6, 6.07) is 19.9. The average Bonchev–Trinajstić information content (AvgIpc) is 2.53. The molecule has 105 valence electrons. The number of fused-ring (bicyclic) bond motifs is 1. The van der Waals surface area contributed by atoms with Crippen LogP contribution in [0.3, 0.4) is 0 Å². The molecule has 1 radical (unpaired) electrons. The summed E-state index contributed by atoms with van der Waals surface area (Å²) in [5.74, 6) is 1.77. The molecule has 0 heterocycles. The number of methoxy groups -OCH3 is 2. The normalized spacial score (nSPS) is 10.6. The largest absolute Gasteiger partial charge is 0.497 e. The highest BCUT2D eigenvalue weighted by molar-refractivity contribution is 5.87. The van der Waals surface area contributed by atoms with E-state index in [0.717, 1.165) is 39.0 Å². The Morgan fingerprint density at radius 3 is 2.43 bits per heavy atom. The third-order valence-electron chi connectivity index (χ3n) is 3.66. The van der Waals surface area contributed by atoms with Crippen LogP contribution in [0.5, 0.6) is 11.5 Å². The van der Waals surface area contributed by atoms with Crippen LogP contribution in [0.4, 0.5) is 0 Å². The van der Waals surface area contributed by atoms with Gasteiger partial charge in [-0.25, -0.2) is 0 Å². The van der Waals surface area contributed by atoms with E-state index in [2.05, 4.69) is 30.3 Å². The molecule has 0 saturated carbocycles. The molecule has 0 N–H and O–H groups in total. The zero-order chi connectivity index (χ0) is 14.8. The molecule has 21 heavy (non-hydrogen) atoms. The number of hydrogen-bond acceptors (Lipinski definition) is 2. The number of benzene rings is 3. The quantitative estimate of drug-likeness (QED) is 0.694. The lowest BCUT2D eigenvalue weighted by Gasteiger charge is -2.09. The second kappa shape index (κ2) is 5.49. The van der Waals surface area contributed by atoms with E-state index in [1.807, 2.05) is 31.2 Å². The standard InChI is InChI=1S/C19H17O2/c1-13-10-14(7-9-19(13)21-3)15-4-5-17-12-18(20-2)8-6-16(17)11-15/h4-10,12H,1-3H3. The fourth-order valence-electron chi connectivity index (χ4n) is 2.49. The zero-order valence-corrected chi connectivity index (χ0v) is 12.4. The topological polar surface area (TPSA) is 18.5 Å². The average molecular weight is 277 g/mol. The van der Waals surface area contributed by atoms with Gasteiger partial charge >= 0.3 is 0 Å². The third kappa shape index (κ3) is 2.57. The van der Waals surface area contributed by atoms with Crippen LogP contribution in [0.25, 0.3) is 21.9 Å². The van der Waals surface area contributed by atoms with E-state index in [0.29, 0.717) is 0 Å². The molecule has 3 rings (SSSR count). The fraction of sp³-hybridized carbons (Fsp3) is 0.158. The highest BCUT2D eigenvalue weighted by atomic mass is 16.5. The maximum absolute atomic E-state index is 5.31. The minimum absolute atomic E-state index is 0.865. The predicted octanol–water partition coefficient (Wildman–Crippen LogP) is 4.63. The first kappa shape index (κ1) is 13.5. The van der Waals surface area contributed by atoms with Crippen molar-refractivity contribution in [2.75, 3.05) is 14.2 Å². The molecule has 0 aliphatic carbocycles. The molecule has 0 aliphatic heterocycles. The van der Waals surface area contributed by atoms with E-state index >= 15 is 0 Å². The van der Waals surface area contributed by atoms with E-state index in [1.54, 1.807) is 14.2 Å². The van der Waals surface area contributed by atoms with Crippen molar-refractivity contribution in [2.24, 2.45) is 0 Å². The summed E-state index contributed by atoms with van der Waals surface area (Å²) in [5.41, 5.74) is 3.35. The van der Waals surface area contributed by atoms with Crippen molar-refractivity contribution in [2.45, 2.75) is 6.92 Å². The van der Waals surface area contributed by atoms with Gasteiger partial charge in [-0.1, -0.05) is 24.3 Å². The monoisotopic (exact) mass is 277 g/mol. The second-order valence-electron chi connectivity index (χ2n) is 5.01. The Kier molecular flexibility index (Phi) is 3.53. The highest BCUT2D eigenvalue weighted by Gasteiger charge is 2.04. The molecule has 0 saturated heterocycles. The van der Waals surface area contributed by atoms with Gasteiger partial charge in [-0.2, -0.15) is 0 Å². The van der Waals surface area contributed by atoms with Gasteiger partial charge in [0.15, 0.2) is 0 Å². The Morgan fingerprint density at radius 2 is 1.71 bits per heavy atom. The van der Waals surface area contributed by atoms with Gasteiger partial charge in [0.25, 0.3) is 0 Å². The minimum atomic E-state index is 0.865. The Hall–Kier alpha value is -2.48.